The summed E-state index contributed by atoms with van der Waals surface area (Å²) in [6, 6.07) is 8.24. The van der Waals surface area contributed by atoms with Gasteiger partial charge in [-0.3, -0.25) is 4.79 Å². The third-order valence-corrected chi connectivity index (χ3v) is 6.11. The van der Waals surface area contributed by atoms with E-state index >= 15 is 0 Å². The molecule has 2 aliphatic rings. The molecule has 2 heterocycles. The molecule has 7 nitrogen and oxygen atoms in total. The lowest BCUT2D eigenvalue weighted by Crippen LogP contribution is -2.50. The van der Waals surface area contributed by atoms with Gasteiger partial charge in [-0.05, 0) is 36.8 Å². The molecule has 0 radical (unpaired) electrons. The number of ether oxygens (including phenoxy) is 2. The maximum Gasteiger partial charge on any atom is 0.225 e. The molecule has 3 rings (SSSR count). The standard InChI is InChI=1S/C25H40N4O3.HI/c1-5-26-24(27-12-17-32-22-9-7-6-8-21(22)25(2,3)4)29-13-10-20(11-14-29)23(30)28-15-18-31-19-16-28;/h6-9,20H,5,10-19H2,1-4H3,(H,26,27);1H. The first-order chi connectivity index (χ1) is 15.4. The van der Waals surface area contributed by atoms with Gasteiger partial charge in [0.15, 0.2) is 5.96 Å². The van der Waals surface area contributed by atoms with Crippen molar-refractivity contribution in [1.82, 2.24) is 15.1 Å². The van der Waals surface area contributed by atoms with E-state index in [1.807, 2.05) is 17.0 Å². The quantitative estimate of drug-likeness (QED) is 0.245. The summed E-state index contributed by atoms with van der Waals surface area (Å²) < 4.78 is 11.5. The Kier molecular flexibility index (Phi) is 11.2. The van der Waals surface area contributed by atoms with Gasteiger partial charge in [-0.2, -0.15) is 0 Å². The van der Waals surface area contributed by atoms with E-state index in [4.69, 9.17) is 14.5 Å². The number of guanidine groups is 1. The third kappa shape index (κ3) is 8.02. The van der Waals surface area contributed by atoms with Crippen LogP contribution in [0.4, 0.5) is 0 Å². The highest BCUT2D eigenvalue weighted by molar-refractivity contribution is 14.0. The molecule has 8 heteroatoms. The van der Waals surface area contributed by atoms with Crippen molar-refractivity contribution in [2.45, 2.75) is 46.0 Å². The Labute approximate surface area is 216 Å². The normalized spacial score (nSPS) is 18.0. The van der Waals surface area contributed by atoms with Crippen LogP contribution in [0.1, 0.15) is 46.1 Å². The van der Waals surface area contributed by atoms with Gasteiger partial charge in [0.1, 0.15) is 12.4 Å². The first-order valence-electron chi connectivity index (χ1n) is 12.0. The van der Waals surface area contributed by atoms with Gasteiger partial charge >= 0.3 is 0 Å². The number of aliphatic imine (C=N–C) groups is 1. The minimum Gasteiger partial charge on any atom is -0.491 e. The van der Waals surface area contributed by atoms with Crippen molar-refractivity contribution in [3.8, 4) is 5.75 Å². The largest absolute Gasteiger partial charge is 0.491 e. The van der Waals surface area contributed by atoms with Gasteiger partial charge in [0.25, 0.3) is 0 Å². The SMILES string of the molecule is CCNC(=NCCOc1ccccc1C(C)(C)C)N1CCC(C(=O)N2CCOCC2)CC1.I. The number of likely N-dealkylation sites (tertiary alicyclic amines) is 1. The highest BCUT2D eigenvalue weighted by Gasteiger charge is 2.30. The maximum absolute atomic E-state index is 12.8. The molecule has 2 saturated heterocycles. The van der Waals surface area contributed by atoms with Crippen LogP contribution in [-0.4, -0.2) is 80.8 Å². The van der Waals surface area contributed by atoms with E-state index < -0.39 is 0 Å². The Morgan fingerprint density at radius 1 is 1.12 bits per heavy atom. The summed E-state index contributed by atoms with van der Waals surface area (Å²) in [5, 5.41) is 3.40. The van der Waals surface area contributed by atoms with Crippen LogP contribution in [0.15, 0.2) is 29.3 Å². The van der Waals surface area contributed by atoms with Gasteiger partial charge < -0.3 is 24.6 Å². The Morgan fingerprint density at radius 2 is 1.79 bits per heavy atom. The smallest absolute Gasteiger partial charge is 0.225 e. The first-order valence-corrected chi connectivity index (χ1v) is 12.0. The maximum atomic E-state index is 12.8. The molecule has 1 aromatic rings. The lowest BCUT2D eigenvalue weighted by atomic mass is 9.86. The molecule has 0 aromatic heterocycles. The molecule has 0 spiro atoms. The Hall–Kier alpha value is -1.55. The lowest BCUT2D eigenvalue weighted by Gasteiger charge is -2.36. The summed E-state index contributed by atoms with van der Waals surface area (Å²) in [6.45, 7) is 15.1. The molecule has 1 amide bonds. The van der Waals surface area contributed by atoms with Crippen molar-refractivity contribution in [1.29, 1.82) is 0 Å². The number of benzene rings is 1. The Balaban J connectivity index is 0.00000385. The molecule has 2 aliphatic heterocycles. The molecule has 0 aliphatic carbocycles. The zero-order valence-electron chi connectivity index (χ0n) is 20.6. The molecule has 0 bridgehead atoms. The topological polar surface area (TPSA) is 66.4 Å². The number of carbonyl (C=O) groups excluding carboxylic acids is 1. The fourth-order valence-electron chi connectivity index (χ4n) is 4.33. The van der Waals surface area contributed by atoms with Crippen LogP contribution in [-0.2, 0) is 14.9 Å². The molecular formula is C25H41IN4O3. The van der Waals surface area contributed by atoms with Crippen LogP contribution in [0.2, 0.25) is 0 Å². The molecule has 1 aromatic carbocycles. The van der Waals surface area contributed by atoms with Gasteiger partial charge in [0.2, 0.25) is 5.91 Å². The van der Waals surface area contributed by atoms with E-state index in [9.17, 15) is 4.79 Å². The summed E-state index contributed by atoms with van der Waals surface area (Å²) in [4.78, 5) is 21.8. The summed E-state index contributed by atoms with van der Waals surface area (Å²) in [6.07, 6.45) is 1.74. The summed E-state index contributed by atoms with van der Waals surface area (Å²) in [5.41, 5.74) is 1.25. The number of amides is 1. The molecule has 0 saturated carbocycles. The minimum atomic E-state index is 0. The van der Waals surface area contributed by atoms with Crippen LogP contribution >= 0.6 is 24.0 Å². The van der Waals surface area contributed by atoms with Crippen LogP contribution in [0.3, 0.4) is 0 Å². The summed E-state index contributed by atoms with van der Waals surface area (Å²) in [7, 11) is 0. The van der Waals surface area contributed by atoms with Crippen LogP contribution in [0.5, 0.6) is 5.75 Å². The van der Waals surface area contributed by atoms with Crippen molar-refractivity contribution >= 4 is 35.8 Å². The van der Waals surface area contributed by atoms with E-state index in [-0.39, 0.29) is 35.3 Å². The van der Waals surface area contributed by atoms with Gasteiger partial charge in [0, 0.05) is 38.6 Å². The van der Waals surface area contributed by atoms with Crippen LogP contribution < -0.4 is 10.1 Å². The number of piperidine rings is 1. The van der Waals surface area contributed by atoms with Crippen molar-refractivity contribution in [2.24, 2.45) is 10.9 Å². The van der Waals surface area contributed by atoms with Gasteiger partial charge in [-0.25, -0.2) is 4.99 Å². The number of nitrogens with one attached hydrogen (secondary N) is 1. The Bertz CT molecular complexity index is 767. The molecule has 33 heavy (non-hydrogen) atoms. The minimum absolute atomic E-state index is 0. The molecule has 0 atom stereocenters. The predicted octanol–water partition coefficient (Wildman–Crippen LogP) is 3.52. The summed E-state index contributed by atoms with van der Waals surface area (Å²) >= 11 is 0. The number of para-hydroxylation sites is 1. The van der Waals surface area contributed by atoms with E-state index in [2.05, 4.69) is 50.0 Å². The average Bonchev–Trinajstić information content (AvgIpc) is 2.81. The summed E-state index contributed by atoms with van der Waals surface area (Å²) in [5.74, 6) is 2.25. The highest BCUT2D eigenvalue weighted by atomic mass is 127. The predicted molar refractivity (Wildman–Crippen MR) is 144 cm³/mol. The van der Waals surface area contributed by atoms with Gasteiger partial charge in [-0.15, -0.1) is 24.0 Å². The van der Waals surface area contributed by atoms with Crippen molar-refractivity contribution in [3.63, 3.8) is 0 Å². The molecule has 186 valence electrons. The lowest BCUT2D eigenvalue weighted by molar-refractivity contribution is -0.140. The molecular weight excluding hydrogens is 531 g/mol. The zero-order valence-corrected chi connectivity index (χ0v) is 23.0. The fourth-order valence-corrected chi connectivity index (χ4v) is 4.33. The number of hydrogen-bond acceptors (Lipinski definition) is 4. The van der Waals surface area contributed by atoms with E-state index in [1.54, 1.807) is 0 Å². The fraction of sp³-hybridized carbons (Fsp3) is 0.680. The number of rotatable bonds is 6. The first kappa shape index (κ1) is 27.7. The number of nitrogens with zero attached hydrogens (tertiary/aromatic N) is 3. The van der Waals surface area contributed by atoms with E-state index in [1.165, 1.54) is 5.56 Å². The van der Waals surface area contributed by atoms with Crippen molar-refractivity contribution < 1.29 is 14.3 Å². The average molecular weight is 573 g/mol. The van der Waals surface area contributed by atoms with Crippen LogP contribution in [0, 0.1) is 5.92 Å². The second kappa shape index (κ2) is 13.4. The third-order valence-electron chi connectivity index (χ3n) is 6.11. The van der Waals surface area contributed by atoms with E-state index in [0.29, 0.717) is 32.3 Å². The monoisotopic (exact) mass is 572 g/mol. The van der Waals surface area contributed by atoms with Gasteiger partial charge in [0.05, 0.1) is 19.8 Å². The second-order valence-electron chi connectivity index (χ2n) is 9.53. The van der Waals surface area contributed by atoms with Crippen molar-refractivity contribution in [3.05, 3.63) is 29.8 Å². The highest BCUT2D eigenvalue weighted by Crippen LogP contribution is 2.30. The van der Waals surface area contributed by atoms with E-state index in [0.717, 1.165) is 57.3 Å². The molecule has 2 fully saturated rings. The Morgan fingerprint density at radius 3 is 2.42 bits per heavy atom. The number of halogens is 1. The van der Waals surface area contributed by atoms with Gasteiger partial charge in [-0.1, -0.05) is 39.0 Å². The zero-order chi connectivity index (χ0) is 23.0. The number of carbonyl (C=O) groups is 1. The molecule has 1 N–H and O–H groups in total. The number of hydrogen-bond donors (Lipinski definition) is 1. The van der Waals surface area contributed by atoms with Crippen molar-refractivity contribution in [2.75, 3.05) is 59.1 Å². The second-order valence-corrected chi connectivity index (χ2v) is 9.53. The number of morpholine rings is 1. The molecule has 0 unspecified atom stereocenters. The van der Waals surface area contributed by atoms with Crippen LogP contribution in [0.25, 0.3) is 0 Å².